The number of benzene rings is 1. The molecular formula is C15H17N3O3. The number of hydrogen-bond donors (Lipinski definition) is 0. The van der Waals surface area contributed by atoms with Crippen LogP contribution in [0.25, 0.3) is 0 Å². The molecule has 6 heteroatoms. The zero-order valence-corrected chi connectivity index (χ0v) is 12.0. The van der Waals surface area contributed by atoms with Gasteiger partial charge in [0.05, 0.1) is 11.6 Å². The van der Waals surface area contributed by atoms with Gasteiger partial charge < -0.3 is 0 Å². The van der Waals surface area contributed by atoms with Crippen LogP contribution < -0.4 is 0 Å². The van der Waals surface area contributed by atoms with Crippen LogP contribution in [0.1, 0.15) is 34.1 Å². The van der Waals surface area contributed by atoms with E-state index in [0.29, 0.717) is 0 Å². The zero-order chi connectivity index (χ0) is 15.4. The van der Waals surface area contributed by atoms with Crippen molar-refractivity contribution in [2.45, 2.75) is 26.2 Å². The Morgan fingerprint density at radius 3 is 2.52 bits per heavy atom. The van der Waals surface area contributed by atoms with Crippen molar-refractivity contribution in [3.05, 3.63) is 63.5 Å². The van der Waals surface area contributed by atoms with Crippen LogP contribution in [0.2, 0.25) is 0 Å². The van der Waals surface area contributed by atoms with Gasteiger partial charge in [-0.05, 0) is 25.5 Å². The van der Waals surface area contributed by atoms with E-state index in [0.717, 1.165) is 17.0 Å². The van der Waals surface area contributed by atoms with Crippen LogP contribution in [0.15, 0.2) is 36.4 Å². The zero-order valence-electron chi connectivity index (χ0n) is 12.0. The Hall–Kier alpha value is -2.50. The molecular weight excluding hydrogens is 270 g/mol. The fourth-order valence-corrected chi connectivity index (χ4v) is 2.37. The number of nitro groups is 1. The Labute approximate surface area is 122 Å². The molecule has 0 saturated heterocycles. The van der Waals surface area contributed by atoms with Crippen molar-refractivity contribution in [2.75, 3.05) is 6.54 Å². The maximum Gasteiger partial charge on any atom is 0.247 e. The van der Waals surface area contributed by atoms with E-state index in [1.54, 1.807) is 6.92 Å². The third-order valence-corrected chi connectivity index (χ3v) is 3.31. The van der Waals surface area contributed by atoms with Gasteiger partial charge in [0, 0.05) is 17.0 Å². The lowest BCUT2D eigenvalue weighted by atomic mass is 9.95. The van der Waals surface area contributed by atoms with E-state index in [-0.39, 0.29) is 23.8 Å². The van der Waals surface area contributed by atoms with E-state index in [2.05, 4.69) is 5.10 Å². The highest BCUT2D eigenvalue weighted by molar-refractivity contribution is 5.79. The fraction of sp³-hybridized carbons (Fsp3) is 0.333. The quantitative estimate of drug-likeness (QED) is 0.625. The first-order valence-corrected chi connectivity index (χ1v) is 6.70. The molecule has 0 radical (unpaired) electrons. The number of carbonyl (C=O) groups excluding carboxylic acids is 1. The van der Waals surface area contributed by atoms with Crippen molar-refractivity contribution in [3.63, 3.8) is 0 Å². The lowest BCUT2D eigenvalue weighted by molar-refractivity contribution is -0.483. The van der Waals surface area contributed by atoms with Crippen molar-refractivity contribution in [2.24, 2.45) is 0 Å². The van der Waals surface area contributed by atoms with Gasteiger partial charge in [-0.2, -0.15) is 5.10 Å². The standard InChI is InChI=1S/C15H17N3O3/c1-11-8-12(2)18(16-11)15(19)9-14(10-17(20)21)13-6-4-3-5-7-13/h3-8,14H,9-10H2,1-2H3. The van der Waals surface area contributed by atoms with Gasteiger partial charge in [0.1, 0.15) is 0 Å². The highest BCUT2D eigenvalue weighted by Gasteiger charge is 2.23. The Bertz CT molecular complexity index is 649. The topological polar surface area (TPSA) is 78.0 Å². The van der Waals surface area contributed by atoms with Gasteiger partial charge in [-0.15, -0.1) is 0 Å². The molecule has 2 rings (SSSR count). The molecule has 2 aromatic rings. The number of aromatic nitrogens is 2. The van der Waals surface area contributed by atoms with Crippen LogP contribution in [0, 0.1) is 24.0 Å². The van der Waals surface area contributed by atoms with Crippen molar-refractivity contribution in [1.82, 2.24) is 9.78 Å². The molecule has 0 saturated carbocycles. The predicted molar refractivity (Wildman–Crippen MR) is 78.0 cm³/mol. The molecule has 0 amide bonds. The first-order valence-electron chi connectivity index (χ1n) is 6.70. The largest absolute Gasteiger partial charge is 0.273 e. The first kappa shape index (κ1) is 14.9. The first-order chi connectivity index (χ1) is 9.97. The number of nitrogens with zero attached hydrogens (tertiary/aromatic N) is 3. The summed E-state index contributed by atoms with van der Waals surface area (Å²) in [7, 11) is 0. The summed E-state index contributed by atoms with van der Waals surface area (Å²) in [6.45, 7) is 3.33. The highest BCUT2D eigenvalue weighted by atomic mass is 16.6. The van der Waals surface area contributed by atoms with Crippen molar-refractivity contribution in [3.8, 4) is 0 Å². The molecule has 1 aromatic heterocycles. The molecule has 0 aliphatic rings. The van der Waals surface area contributed by atoms with Gasteiger partial charge in [-0.1, -0.05) is 30.3 Å². The van der Waals surface area contributed by atoms with Gasteiger partial charge in [-0.3, -0.25) is 14.9 Å². The maximum absolute atomic E-state index is 12.3. The average Bonchev–Trinajstić information content (AvgIpc) is 2.77. The molecule has 21 heavy (non-hydrogen) atoms. The number of carbonyl (C=O) groups is 1. The molecule has 0 aliphatic heterocycles. The summed E-state index contributed by atoms with van der Waals surface area (Å²) in [6, 6.07) is 10.9. The molecule has 0 N–H and O–H groups in total. The lowest BCUT2D eigenvalue weighted by Gasteiger charge is -2.13. The second-order valence-electron chi connectivity index (χ2n) is 5.06. The highest BCUT2D eigenvalue weighted by Crippen LogP contribution is 2.21. The van der Waals surface area contributed by atoms with E-state index in [1.807, 2.05) is 43.3 Å². The van der Waals surface area contributed by atoms with E-state index in [1.165, 1.54) is 4.68 Å². The molecule has 110 valence electrons. The number of rotatable bonds is 5. The Balaban J connectivity index is 2.21. The van der Waals surface area contributed by atoms with Crippen LogP contribution in [0.3, 0.4) is 0 Å². The van der Waals surface area contributed by atoms with E-state index in [4.69, 9.17) is 0 Å². The minimum absolute atomic E-state index is 0.0625. The molecule has 1 unspecified atom stereocenters. The fourth-order valence-electron chi connectivity index (χ4n) is 2.37. The lowest BCUT2D eigenvalue weighted by Crippen LogP contribution is -2.21. The van der Waals surface area contributed by atoms with Gasteiger partial charge in [0.2, 0.25) is 12.5 Å². The van der Waals surface area contributed by atoms with Crippen LogP contribution in [0.5, 0.6) is 0 Å². The molecule has 0 spiro atoms. The Morgan fingerprint density at radius 2 is 2.00 bits per heavy atom. The Morgan fingerprint density at radius 1 is 1.33 bits per heavy atom. The third-order valence-electron chi connectivity index (χ3n) is 3.31. The molecule has 6 nitrogen and oxygen atoms in total. The Kier molecular flexibility index (Phi) is 4.47. The SMILES string of the molecule is Cc1cc(C)n(C(=O)CC(C[N+](=O)[O-])c2ccccc2)n1. The smallest absolute Gasteiger partial charge is 0.247 e. The average molecular weight is 287 g/mol. The summed E-state index contributed by atoms with van der Waals surface area (Å²) < 4.78 is 1.32. The van der Waals surface area contributed by atoms with E-state index in [9.17, 15) is 14.9 Å². The minimum atomic E-state index is -0.447. The predicted octanol–water partition coefficient (Wildman–Crippen LogP) is 2.59. The van der Waals surface area contributed by atoms with Crippen molar-refractivity contribution < 1.29 is 9.72 Å². The summed E-state index contributed by atoms with van der Waals surface area (Å²) in [5, 5.41) is 15.0. The summed E-state index contributed by atoms with van der Waals surface area (Å²) in [4.78, 5) is 22.8. The van der Waals surface area contributed by atoms with Crippen LogP contribution in [0.4, 0.5) is 0 Å². The van der Waals surface area contributed by atoms with Gasteiger partial charge >= 0.3 is 0 Å². The van der Waals surface area contributed by atoms with E-state index >= 15 is 0 Å². The molecule has 0 aliphatic carbocycles. The van der Waals surface area contributed by atoms with Crippen molar-refractivity contribution in [1.29, 1.82) is 0 Å². The minimum Gasteiger partial charge on any atom is -0.273 e. The molecule has 0 bridgehead atoms. The second-order valence-corrected chi connectivity index (χ2v) is 5.06. The van der Waals surface area contributed by atoms with Gasteiger partial charge in [0.25, 0.3) is 0 Å². The van der Waals surface area contributed by atoms with Crippen LogP contribution in [-0.4, -0.2) is 27.2 Å². The van der Waals surface area contributed by atoms with Crippen molar-refractivity contribution >= 4 is 5.91 Å². The number of hydrogen-bond acceptors (Lipinski definition) is 4. The van der Waals surface area contributed by atoms with E-state index < -0.39 is 5.92 Å². The monoisotopic (exact) mass is 287 g/mol. The third kappa shape index (κ3) is 3.75. The molecule has 1 heterocycles. The van der Waals surface area contributed by atoms with Gasteiger partial charge in [0.15, 0.2) is 0 Å². The normalized spacial score (nSPS) is 12.1. The maximum atomic E-state index is 12.3. The van der Waals surface area contributed by atoms with Crippen LogP contribution in [-0.2, 0) is 0 Å². The van der Waals surface area contributed by atoms with Crippen LogP contribution >= 0.6 is 0 Å². The molecule has 1 atom stereocenters. The van der Waals surface area contributed by atoms with Gasteiger partial charge in [-0.25, -0.2) is 4.68 Å². The molecule has 0 fully saturated rings. The molecule has 1 aromatic carbocycles. The summed E-state index contributed by atoms with van der Waals surface area (Å²) in [5.41, 5.74) is 2.29. The summed E-state index contributed by atoms with van der Waals surface area (Å²) in [6.07, 6.45) is 0.0625. The second kappa shape index (κ2) is 6.30. The number of aryl methyl sites for hydroxylation is 2. The summed E-state index contributed by atoms with van der Waals surface area (Å²) in [5.74, 6) is -0.672. The summed E-state index contributed by atoms with van der Waals surface area (Å²) >= 11 is 0.